The van der Waals surface area contributed by atoms with Gasteiger partial charge in [-0.3, -0.25) is 0 Å². The highest BCUT2D eigenvalue weighted by atomic mass is 16.4. The van der Waals surface area contributed by atoms with E-state index in [-0.39, 0.29) is 0 Å². The van der Waals surface area contributed by atoms with Crippen molar-refractivity contribution in [3.05, 3.63) is 30.2 Å². The Balaban J connectivity index is 1.84. The van der Waals surface area contributed by atoms with E-state index in [2.05, 4.69) is 55.3 Å². The second-order valence-corrected chi connectivity index (χ2v) is 7.07. The number of nitrogens with zero attached hydrogens (tertiary/aromatic N) is 2. The number of aryl methyl sites for hydroxylation is 1. The van der Waals surface area contributed by atoms with Crippen molar-refractivity contribution in [2.24, 2.45) is 11.3 Å². The zero-order chi connectivity index (χ0) is 15.0. The first-order chi connectivity index (χ1) is 9.94. The molecule has 1 saturated carbocycles. The van der Waals surface area contributed by atoms with E-state index >= 15 is 0 Å². The van der Waals surface area contributed by atoms with Crippen LogP contribution in [0, 0.1) is 18.3 Å². The number of hydrogen-bond donors (Lipinski definition) is 1. The molecule has 2 aromatic rings. The van der Waals surface area contributed by atoms with Crippen LogP contribution in [0.4, 0.5) is 5.69 Å². The Kier molecular flexibility index (Phi) is 3.47. The van der Waals surface area contributed by atoms with Crippen LogP contribution in [0.15, 0.2) is 29.0 Å². The van der Waals surface area contributed by atoms with Gasteiger partial charge in [-0.25, -0.2) is 0 Å². The monoisotopic (exact) mass is 285 g/mol. The van der Waals surface area contributed by atoms with Crippen LogP contribution < -0.4 is 5.32 Å². The Bertz CT molecular complexity index is 619. The minimum Gasteiger partial charge on any atom is -0.423 e. The van der Waals surface area contributed by atoms with Crippen molar-refractivity contribution < 1.29 is 4.42 Å². The molecule has 112 valence electrons. The van der Waals surface area contributed by atoms with Crippen LogP contribution in [0.1, 0.15) is 39.2 Å². The molecule has 1 aromatic carbocycles. The lowest BCUT2D eigenvalue weighted by molar-refractivity contribution is 0.366. The number of aromatic nitrogens is 2. The fourth-order valence-electron chi connectivity index (χ4n) is 3.50. The zero-order valence-corrected chi connectivity index (χ0v) is 13.2. The van der Waals surface area contributed by atoms with Crippen LogP contribution in [-0.4, -0.2) is 16.2 Å². The molecule has 1 heterocycles. The maximum absolute atomic E-state index is 5.29. The van der Waals surface area contributed by atoms with E-state index in [1.807, 2.05) is 6.07 Å². The molecule has 2 atom stereocenters. The summed E-state index contributed by atoms with van der Waals surface area (Å²) in [6.45, 7) is 9.17. The summed E-state index contributed by atoms with van der Waals surface area (Å²) in [5.74, 6) is 1.25. The molecule has 0 bridgehead atoms. The fraction of sp³-hybridized carbons (Fsp3) is 0.529. The molecule has 2 unspecified atom stereocenters. The summed E-state index contributed by atoms with van der Waals surface area (Å²) in [6.07, 6.45) is 3.84. The van der Waals surface area contributed by atoms with Crippen molar-refractivity contribution in [3.8, 4) is 11.5 Å². The van der Waals surface area contributed by atoms with E-state index in [4.69, 9.17) is 4.42 Å². The van der Waals surface area contributed by atoms with Gasteiger partial charge in [0.2, 0.25) is 12.3 Å². The summed E-state index contributed by atoms with van der Waals surface area (Å²) in [7, 11) is 0. The molecule has 0 spiro atoms. The molecule has 1 fully saturated rings. The lowest BCUT2D eigenvalue weighted by Crippen LogP contribution is -2.23. The third-order valence-corrected chi connectivity index (χ3v) is 4.52. The fourth-order valence-corrected chi connectivity index (χ4v) is 3.50. The van der Waals surface area contributed by atoms with Crippen LogP contribution in [0.2, 0.25) is 0 Å². The maximum atomic E-state index is 5.29. The van der Waals surface area contributed by atoms with Crippen molar-refractivity contribution in [1.29, 1.82) is 0 Å². The number of hydrogen-bond acceptors (Lipinski definition) is 4. The molecule has 21 heavy (non-hydrogen) atoms. The predicted octanol–water partition coefficient (Wildman–Crippen LogP) is 4.28. The van der Waals surface area contributed by atoms with Gasteiger partial charge in [0.15, 0.2) is 0 Å². The average Bonchev–Trinajstić information content (AvgIpc) is 3.00. The number of rotatable bonds is 3. The summed E-state index contributed by atoms with van der Waals surface area (Å²) >= 11 is 0. The molecule has 1 aromatic heterocycles. The number of benzene rings is 1. The molecular formula is C17H23N3O. The smallest absolute Gasteiger partial charge is 0.247 e. The minimum atomic E-state index is 0.426. The highest BCUT2D eigenvalue weighted by Crippen LogP contribution is 2.42. The summed E-state index contributed by atoms with van der Waals surface area (Å²) in [5.41, 5.74) is 3.80. The van der Waals surface area contributed by atoms with Gasteiger partial charge in [0, 0.05) is 17.3 Å². The predicted molar refractivity (Wildman–Crippen MR) is 84.1 cm³/mol. The minimum absolute atomic E-state index is 0.426. The van der Waals surface area contributed by atoms with E-state index in [0.29, 0.717) is 23.3 Å². The van der Waals surface area contributed by atoms with E-state index in [9.17, 15) is 0 Å². The van der Waals surface area contributed by atoms with Crippen LogP contribution >= 0.6 is 0 Å². The van der Waals surface area contributed by atoms with Crippen LogP contribution in [0.25, 0.3) is 11.5 Å². The van der Waals surface area contributed by atoms with Gasteiger partial charge in [-0.15, -0.1) is 10.2 Å². The molecule has 1 N–H and O–H groups in total. The first-order valence-corrected chi connectivity index (χ1v) is 7.58. The van der Waals surface area contributed by atoms with Gasteiger partial charge < -0.3 is 9.73 Å². The molecule has 0 amide bonds. The molecular weight excluding hydrogens is 262 g/mol. The van der Waals surface area contributed by atoms with Gasteiger partial charge in [0.1, 0.15) is 0 Å². The molecule has 0 saturated heterocycles. The Morgan fingerprint density at radius 1 is 1.29 bits per heavy atom. The first-order valence-electron chi connectivity index (χ1n) is 7.58. The van der Waals surface area contributed by atoms with Crippen LogP contribution in [0.5, 0.6) is 0 Å². The Morgan fingerprint density at radius 3 is 2.71 bits per heavy atom. The number of nitrogens with one attached hydrogen (secondary N) is 1. The van der Waals surface area contributed by atoms with Crippen molar-refractivity contribution in [2.75, 3.05) is 5.32 Å². The third kappa shape index (κ3) is 2.94. The largest absolute Gasteiger partial charge is 0.423 e. The second-order valence-electron chi connectivity index (χ2n) is 7.07. The highest BCUT2D eigenvalue weighted by molar-refractivity contribution is 5.64. The van der Waals surface area contributed by atoms with E-state index in [0.717, 1.165) is 5.56 Å². The Morgan fingerprint density at radius 2 is 2.10 bits per heavy atom. The lowest BCUT2D eigenvalue weighted by Gasteiger charge is -2.21. The maximum Gasteiger partial charge on any atom is 0.247 e. The molecule has 4 heteroatoms. The van der Waals surface area contributed by atoms with E-state index in [1.54, 1.807) is 0 Å². The molecule has 1 aliphatic rings. The van der Waals surface area contributed by atoms with Gasteiger partial charge in [0.05, 0.1) is 0 Å². The van der Waals surface area contributed by atoms with Gasteiger partial charge in [-0.05, 0) is 48.8 Å². The Labute approximate surface area is 126 Å². The highest BCUT2D eigenvalue weighted by Gasteiger charge is 2.36. The van der Waals surface area contributed by atoms with Crippen molar-refractivity contribution in [1.82, 2.24) is 10.2 Å². The molecule has 4 nitrogen and oxygen atoms in total. The lowest BCUT2D eigenvalue weighted by atomic mass is 9.91. The molecule has 0 radical (unpaired) electrons. The molecule has 0 aliphatic heterocycles. The standard InChI is InChI=1S/C17H23N3O/c1-11-5-6-13(16-20-18-10-21-16)7-14(11)19-15-9-17(3,4)8-12(15)2/h5-7,10,12,15,19H,8-9H2,1-4H3. The quantitative estimate of drug-likeness (QED) is 0.914. The molecule has 3 rings (SSSR count). The SMILES string of the molecule is Cc1ccc(-c2nnco2)cc1NC1CC(C)(C)CC1C. The van der Waals surface area contributed by atoms with Crippen molar-refractivity contribution >= 4 is 5.69 Å². The third-order valence-electron chi connectivity index (χ3n) is 4.52. The summed E-state index contributed by atoms with van der Waals surface area (Å²) in [5, 5.41) is 11.5. The first kappa shape index (κ1) is 14.1. The van der Waals surface area contributed by atoms with Gasteiger partial charge >= 0.3 is 0 Å². The van der Waals surface area contributed by atoms with Gasteiger partial charge in [-0.1, -0.05) is 26.8 Å². The summed E-state index contributed by atoms with van der Waals surface area (Å²) in [6, 6.07) is 6.76. The van der Waals surface area contributed by atoms with E-state index < -0.39 is 0 Å². The van der Waals surface area contributed by atoms with Crippen molar-refractivity contribution in [2.45, 2.75) is 46.6 Å². The normalized spacial score (nSPS) is 24.2. The van der Waals surface area contributed by atoms with E-state index in [1.165, 1.54) is 30.5 Å². The van der Waals surface area contributed by atoms with Crippen LogP contribution in [-0.2, 0) is 0 Å². The topological polar surface area (TPSA) is 51.0 Å². The summed E-state index contributed by atoms with van der Waals surface area (Å²) < 4.78 is 5.29. The molecule has 1 aliphatic carbocycles. The second kappa shape index (κ2) is 5.17. The van der Waals surface area contributed by atoms with Gasteiger partial charge in [-0.2, -0.15) is 0 Å². The average molecular weight is 285 g/mol. The van der Waals surface area contributed by atoms with Crippen molar-refractivity contribution in [3.63, 3.8) is 0 Å². The zero-order valence-electron chi connectivity index (χ0n) is 13.2. The Hall–Kier alpha value is -1.84. The van der Waals surface area contributed by atoms with Gasteiger partial charge in [0.25, 0.3) is 0 Å². The van der Waals surface area contributed by atoms with Crippen LogP contribution in [0.3, 0.4) is 0 Å². The summed E-state index contributed by atoms with van der Waals surface area (Å²) in [4.78, 5) is 0. The number of anilines is 1.